The highest BCUT2D eigenvalue weighted by Gasteiger charge is 2.37. The second-order valence-electron chi connectivity index (χ2n) is 6.09. The van der Waals surface area contributed by atoms with Crippen LogP contribution >= 0.6 is 0 Å². The number of anilines is 1. The topological polar surface area (TPSA) is 53.8 Å². The van der Waals surface area contributed by atoms with Crippen LogP contribution in [0.25, 0.3) is 11.0 Å². The van der Waals surface area contributed by atoms with Crippen LogP contribution in [0.2, 0.25) is 0 Å². The van der Waals surface area contributed by atoms with Gasteiger partial charge in [0.15, 0.2) is 0 Å². The Kier molecular flexibility index (Phi) is 3.53. The molecule has 0 unspecified atom stereocenters. The lowest BCUT2D eigenvalue weighted by molar-refractivity contribution is -0.116. The van der Waals surface area contributed by atoms with Crippen LogP contribution in [0.1, 0.15) is 11.1 Å². The van der Waals surface area contributed by atoms with Crippen molar-refractivity contribution in [1.29, 1.82) is 0 Å². The van der Waals surface area contributed by atoms with Crippen molar-refractivity contribution in [1.82, 2.24) is 4.90 Å². The lowest BCUT2D eigenvalue weighted by Crippen LogP contribution is -2.32. The molecule has 0 saturated carbocycles. The Hall–Kier alpha value is -3.15. The van der Waals surface area contributed by atoms with Gasteiger partial charge in [-0.05, 0) is 48.4 Å². The largest absolute Gasteiger partial charge is 0.464 e. The van der Waals surface area contributed by atoms with Crippen LogP contribution in [0.4, 0.5) is 14.9 Å². The number of imide groups is 1. The minimum absolute atomic E-state index is 0.00137. The number of fused-ring (bicyclic) bond motifs is 1. The highest BCUT2D eigenvalue weighted by molar-refractivity contribution is 6.20. The van der Waals surface area contributed by atoms with Gasteiger partial charge < -0.3 is 9.32 Å². The molecule has 126 valence electrons. The Morgan fingerprint density at radius 3 is 2.64 bits per heavy atom. The van der Waals surface area contributed by atoms with Crippen molar-refractivity contribution in [2.45, 2.75) is 13.5 Å². The van der Waals surface area contributed by atoms with E-state index in [4.69, 9.17) is 4.42 Å². The van der Waals surface area contributed by atoms with Crippen molar-refractivity contribution in [2.24, 2.45) is 0 Å². The van der Waals surface area contributed by atoms with Gasteiger partial charge in [0.2, 0.25) is 0 Å². The number of hydrogen-bond acceptors (Lipinski definition) is 3. The number of halogens is 1. The van der Waals surface area contributed by atoms with E-state index in [2.05, 4.69) is 0 Å². The number of benzene rings is 2. The quantitative estimate of drug-likeness (QED) is 0.682. The van der Waals surface area contributed by atoms with E-state index in [1.807, 2.05) is 6.92 Å². The molecule has 4 rings (SSSR count). The van der Waals surface area contributed by atoms with E-state index in [-0.39, 0.29) is 30.8 Å². The molecule has 0 N–H and O–H groups in total. The zero-order chi connectivity index (χ0) is 17.6. The van der Waals surface area contributed by atoms with Crippen molar-refractivity contribution >= 4 is 28.6 Å². The van der Waals surface area contributed by atoms with Crippen LogP contribution in [0.15, 0.2) is 53.1 Å². The summed E-state index contributed by atoms with van der Waals surface area (Å²) in [5.74, 6) is -0.620. The number of carbonyl (C=O) groups is 2. The Labute approximate surface area is 143 Å². The monoisotopic (exact) mass is 338 g/mol. The highest BCUT2D eigenvalue weighted by Crippen LogP contribution is 2.29. The Morgan fingerprint density at radius 1 is 1.12 bits per heavy atom. The van der Waals surface area contributed by atoms with Crippen LogP contribution in [0, 0.1) is 12.7 Å². The van der Waals surface area contributed by atoms with Crippen molar-refractivity contribution in [3.05, 3.63) is 65.7 Å². The predicted molar refractivity (Wildman–Crippen MR) is 90.6 cm³/mol. The number of nitrogens with zero attached hydrogens (tertiary/aromatic N) is 2. The Balaban J connectivity index is 1.61. The van der Waals surface area contributed by atoms with E-state index in [1.54, 1.807) is 36.6 Å². The number of amides is 3. The number of furan rings is 1. The maximum absolute atomic E-state index is 13.0. The van der Waals surface area contributed by atoms with Gasteiger partial charge in [-0.1, -0.05) is 12.1 Å². The zero-order valence-corrected chi connectivity index (χ0v) is 13.5. The van der Waals surface area contributed by atoms with Crippen LogP contribution < -0.4 is 4.90 Å². The number of hydrogen-bond donors (Lipinski definition) is 0. The third-order valence-corrected chi connectivity index (χ3v) is 4.33. The fraction of sp³-hybridized carbons (Fsp3) is 0.158. The normalized spacial score (nSPS) is 14.8. The van der Waals surface area contributed by atoms with Gasteiger partial charge in [0, 0.05) is 11.9 Å². The molecule has 0 atom stereocenters. The second-order valence-corrected chi connectivity index (χ2v) is 6.09. The highest BCUT2D eigenvalue weighted by atomic mass is 19.1. The average Bonchev–Trinajstić information content (AvgIpc) is 3.10. The van der Waals surface area contributed by atoms with E-state index in [0.29, 0.717) is 11.3 Å². The molecule has 3 aromatic rings. The van der Waals surface area contributed by atoms with Crippen molar-refractivity contribution in [3.8, 4) is 0 Å². The molecule has 1 aliphatic rings. The lowest BCUT2D eigenvalue weighted by atomic mass is 10.1. The first-order valence-corrected chi connectivity index (χ1v) is 7.87. The van der Waals surface area contributed by atoms with Crippen LogP contribution in [-0.2, 0) is 11.3 Å². The fourth-order valence-electron chi connectivity index (χ4n) is 3.02. The molecule has 0 radical (unpaired) electrons. The van der Waals surface area contributed by atoms with E-state index in [9.17, 15) is 14.0 Å². The van der Waals surface area contributed by atoms with E-state index < -0.39 is 0 Å². The molecular formula is C19H15FN2O3. The van der Waals surface area contributed by atoms with Gasteiger partial charge in [-0.25, -0.2) is 14.1 Å². The number of carbonyl (C=O) groups excluding carboxylic acids is 2. The third kappa shape index (κ3) is 2.65. The lowest BCUT2D eigenvalue weighted by Gasteiger charge is -2.17. The summed E-state index contributed by atoms with van der Waals surface area (Å²) in [6.07, 6.45) is 1.64. The molecule has 25 heavy (non-hydrogen) atoms. The summed E-state index contributed by atoms with van der Waals surface area (Å²) in [7, 11) is 0. The number of aryl methyl sites for hydroxylation is 1. The first-order chi connectivity index (χ1) is 12.0. The SMILES string of the molecule is Cc1coc2ccc(N3C(=O)CN(Cc4ccc(F)cc4)C3=O)cc12. The van der Waals surface area contributed by atoms with Gasteiger partial charge in [-0.2, -0.15) is 0 Å². The van der Waals surface area contributed by atoms with Gasteiger partial charge in [0.25, 0.3) is 5.91 Å². The molecule has 0 bridgehead atoms. The molecule has 1 aliphatic heterocycles. The van der Waals surface area contributed by atoms with E-state index in [1.165, 1.54) is 21.9 Å². The molecule has 1 fully saturated rings. The maximum atomic E-state index is 13.0. The minimum atomic E-state index is -0.380. The minimum Gasteiger partial charge on any atom is -0.464 e. The standard InChI is InChI=1S/C19H15FN2O3/c1-12-11-25-17-7-6-15(8-16(12)17)22-18(23)10-21(19(22)24)9-13-2-4-14(20)5-3-13/h2-8,11H,9-10H2,1H3. The Bertz CT molecular complexity index is 978. The van der Waals surface area contributed by atoms with E-state index >= 15 is 0 Å². The number of rotatable bonds is 3. The molecule has 3 amide bonds. The average molecular weight is 338 g/mol. The van der Waals surface area contributed by atoms with Crippen LogP contribution in [0.5, 0.6) is 0 Å². The summed E-state index contributed by atoms with van der Waals surface area (Å²) in [5.41, 5.74) is 2.95. The zero-order valence-electron chi connectivity index (χ0n) is 13.5. The molecule has 5 nitrogen and oxygen atoms in total. The van der Waals surface area contributed by atoms with Gasteiger partial charge >= 0.3 is 6.03 Å². The second kappa shape index (κ2) is 5.73. The summed E-state index contributed by atoms with van der Waals surface area (Å²) < 4.78 is 18.4. The van der Waals surface area contributed by atoms with Crippen molar-refractivity contribution in [2.75, 3.05) is 11.4 Å². The van der Waals surface area contributed by atoms with E-state index in [0.717, 1.165) is 16.5 Å². The smallest absolute Gasteiger partial charge is 0.332 e. The Morgan fingerprint density at radius 2 is 1.88 bits per heavy atom. The molecule has 0 aliphatic carbocycles. The van der Waals surface area contributed by atoms with Gasteiger partial charge in [0.1, 0.15) is 17.9 Å². The molecular weight excluding hydrogens is 323 g/mol. The first kappa shape index (κ1) is 15.4. The number of urea groups is 1. The molecule has 6 heteroatoms. The third-order valence-electron chi connectivity index (χ3n) is 4.33. The first-order valence-electron chi connectivity index (χ1n) is 7.87. The molecule has 1 saturated heterocycles. The van der Waals surface area contributed by atoms with Gasteiger partial charge in [-0.15, -0.1) is 0 Å². The van der Waals surface area contributed by atoms with Gasteiger partial charge in [-0.3, -0.25) is 4.79 Å². The fourth-order valence-corrected chi connectivity index (χ4v) is 3.02. The summed E-state index contributed by atoms with van der Waals surface area (Å²) in [6.45, 7) is 2.16. The summed E-state index contributed by atoms with van der Waals surface area (Å²) in [5, 5.41) is 0.870. The maximum Gasteiger partial charge on any atom is 0.332 e. The molecule has 0 spiro atoms. The van der Waals surface area contributed by atoms with Crippen LogP contribution in [-0.4, -0.2) is 23.4 Å². The van der Waals surface area contributed by atoms with Crippen LogP contribution in [0.3, 0.4) is 0 Å². The summed E-state index contributed by atoms with van der Waals surface area (Å²) >= 11 is 0. The molecule has 1 aromatic heterocycles. The van der Waals surface area contributed by atoms with Crippen molar-refractivity contribution in [3.63, 3.8) is 0 Å². The molecule has 2 heterocycles. The predicted octanol–water partition coefficient (Wildman–Crippen LogP) is 3.85. The summed E-state index contributed by atoms with van der Waals surface area (Å²) in [4.78, 5) is 27.7. The molecule has 2 aromatic carbocycles. The summed E-state index contributed by atoms with van der Waals surface area (Å²) in [6, 6.07) is 10.7. The van der Waals surface area contributed by atoms with Crippen molar-refractivity contribution < 1.29 is 18.4 Å². The van der Waals surface area contributed by atoms with Gasteiger partial charge in [0.05, 0.1) is 12.0 Å².